The molecule has 1 saturated heterocycles. The van der Waals surface area contributed by atoms with Gasteiger partial charge < -0.3 is 14.2 Å². The average molecular weight is 629 g/mol. The van der Waals surface area contributed by atoms with Crippen LogP contribution in [0.4, 0.5) is 0 Å². The molecule has 0 spiro atoms. The highest BCUT2D eigenvalue weighted by atomic mass is 79.9. The fourth-order valence-electron chi connectivity index (χ4n) is 3.14. The third kappa shape index (κ3) is 7.07. The van der Waals surface area contributed by atoms with Crippen LogP contribution in [0.5, 0.6) is 11.5 Å². The van der Waals surface area contributed by atoms with Crippen LogP contribution in [0, 0.1) is 0 Å². The van der Waals surface area contributed by atoms with Gasteiger partial charge >= 0.3 is 5.97 Å². The van der Waals surface area contributed by atoms with Crippen molar-refractivity contribution in [2.75, 3.05) is 19.8 Å². The Labute approximate surface area is 225 Å². The predicted molar refractivity (Wildman–Crippen MR) is 145 cm³/mol. The van der Waals surface area contributed by atoms with Gasteiger partial charge in [-0.15, -0.1) is 0 Å². The van der Waals surface area contributed by atoms with Crippen molar-refractivity contribution in [3.8, 4) is 11.5 Å². The van der Waals surface area contributed by atoms with Crippen LogP contribution >= 0.6 is 55.8 Å². The number of esters is 1. The van der Waals surface area contributed by atoms with Gasteiger partial charge in [0.25, 0.3) is 5.91 Å². The van der Waals surface area contributed by atoms with Crippen LogP contribution in [0.25, 0.3) is 6.08 Å². The van der Waals surface area contributed by atoms with E-state index in [1.165, 1.54) is 16.7 Å². The van der Waals surface area contributed by atoms with Crippen molar-refractivity contribution in [1.82, 2.24) is 4.90 Å². The maximum Gasteiger partial charge on any atom is 0.307 e. The van der Waals surface area contributed by atoms with Crippen LogP contribution in [0.3, 0.4) is 0 Å². The molecule has 1 aliphatic heterocycles. The monoisotopic (exact) mass is 627 g/mol. The first-order chi connectivity index (χ1) is 16.3. The molecule has 2 aromatic rings. The van der Waals surface area contributed by atoms with Crippen molar-refractivity contribution in [3.63, 3.8) is 0 Å². The smallest absolute Gasteiger partial charge is 0.307 e. The number of thiocarbonyl (C=S) groups is 1. The number of rotatable bonds is 10. The van der Waals surface area contributed by atoms with Crippen molar-refractivity contribution in [2.24, 2.45) is 0 Å². The number of amides is 1. The molecular formula is C24H23Br2NO5S2. The lowest BCUT2D eigenvalue weighted by atomic mass is 10.1. The number of ether oxygens (including phenoxy) is 3. The van der Waals surface area contributed by atoms with E-state index in [2.05, 4.69) is 31.9 Å². The summed E-state index contributed by atoms with van der Waals surface area (Å²) in [6.07, 6.45) is 1.85. The zero-order valence-corrected chi connectivity index (χ0v) is 23.4. The van der Waals surface area contributed by atoms with Crippen LogP contribution in [0.15, 0.2) is 50.2 Å². The number of carbonyl (C=O) groups is 2. The molecule has 0 saturated carbocycles. The molecule has 10 heteroatoms. The van der Waals surface area contributed by atoms with E-state index in [1.54, 1.807) is 13.0 Å². The molecule has 0 radical (unpaired) electrons. The van der Waals surface area contributed by atoms with Crippen molar-refractivity contribution in [3.05, 3.63) is 61.4 Å². The largest absolute Gasteiger partial charge is 0.490 e. The summed E-state index contributed by atoms with van der Waals surface area (Å²) in [6.45, 7) is 4.96. The molecule has 34 heavy (non-hydrogen) atoms. The molecule has 0 aromatic heterocycles. The van der Waals surface area contributed by atoms with Crippen molar-refractivity contribution < 1.29 is 23.8 Å². The van der Waals surface area contributed by atoms with Crippen LogP contribution < -0.4 is 9.47 Å². The Morgan fingerprint density at radius 2 is 1.94 bits per heavy atom. The molecule has 6 nitrogen and oxygen atoms in total. The van der Waals surface area contributed by atoms with E-state index in [0.29, 0.717) is 45.0 Å². The van der Waals surface area contributed by atoms with Gasteiger partial charge in [0.1, 0.15) is 10.9 Å². The molecule has 0 bridgehead atoms. The van der Waals surface area contributed by atoms with Crippen LogP contribution in [0.1, 0.15) is 31.4 Å². The SMILES string of the molecule is CCOC(=O)CCN1C(=O)/C(=C\c2cc(Br)c(OCc3cccc(Br)c3)c(OCC)c2)SC1=S. The molecule has 0 atom stereocenters. The summed E-state index contributed by atoms with van der Waals surface area (Å²) in [5.41, 5.74) is 1.77. The Kier molecular flexibility index (Phi) is 9.99. The fraction of sp³-hybridized carbons (Fsp3) is 0.292. The van der Waals surface area contributed by atoms with Gasteiger partial charge in [-0.25, -0.2) is 0 Å². The Morgan fingerprint density at radius 1 is 1.15 bits per heavy atom. The quantitative estimate of drug-likeness (QED) is 0.173. The fourth-order valence-corrected chi connectivity index (χ4v) is 5.47. The second kappa shape index (κ2) is 12.7. The molecule has 0 N–H and O–H groups in total. The van der Waals surface area contributed by atoms with Gasteiger partial charge in [0.2, 0.25) is 0 Å². The van der Waals surface area contributed by atoms with Gasteiger partial charge in [0.05, 0.1) is 29.0 Å². The molecule has 0 unspecified atom stereocenters. The molecule has 180 valence electrons. The van der Waals surface area contributed by atoms with Crippen molar-refractivity contribution in [2.45, 2.75) is 26.9 Å². The Balaban J connectivity index is 1.78. The van der Waals surface area contributed by atoms with E-state index in [1.807, 2.05) is 43.3 Å². The molecular weight excluding hydrogens is 606 g/mol. The summed E-state index contributed by atoms with van der Waals surface area (Å²) in [6, 6.07) is 11.6. The van der Waals surface area contributed by atoms with Crippen molar-refractivity contribution in [1.29, 1.82) is 0 Å². The maximum atomic E-state index is 12.9. The number of thioether (sulfide) groups is 1. The first-order valence-electron chi connectivity index (χ1n) is 10.6. The standard InChI is InChI=1S/C24H23Br2NO5S2/c1-3-30-19-12-16(11-18(26)22(19)32-14-15-6-5-7-17(25)10-15)13-20-23(29)27(24(33)34-20)9-8-21(28)31-4-2/h5-7,10-13H,3-4,8-9,14H2,1-2H3/b20-13+. The molecule has 1 heterocycles. The van der Waals surface area contributed by atoms with Gasteiger partial charge in [-0.1, -0.05) is 52.0 Å². The van der Waals surface area contributed by atoms with E-state index < -0.39 is 0 Å². The lowest BCUT2D eigenvalue weighted by molar-refractivity contribution is -0.143. The maximum absolute atomic E-state index is 12.9. The lowest BCUT2D eigenvalue weighted by Gasteiger charge is -2.15. The summed E-state index contributed by atoms with van der Waals surface area (Å²) < 4.78 is 18.9. The van der Waals surface area contributed by atoms with Gasteiger partial charge in [-0.2, -0.15) is 0 Å². The van der Waals surface area contributed by atoms with E-state index in [-0.39, 0.29) is 24.8 Å². The summed E-state index contributed by atoms with van der Waals surface area (Å²) in [5, 5.41) is 0. The Hall–Kier alpha value is -1.88. The minimum absolute atomic E-state index is 0.0949. The lowest BCUT2D eigenvalue weighted by Crippen LogP contribution is -2.30. The second-order valence-corrected chi connectivity index (χ2v) is 10.5. The zero-order chi connectivity index (χ0) is 24.7. The van der Waals surface area contributed by atoms with E-state index >= 15 is 0 Å². The van der Waals surface area contributed by atoms with Gasteiger partial charge in [0.15, 0.2) is 11.5 Å². The molecule has 1 fully saturated rings. The number of carbonyl (C=O) groups excluding carboxylic acids is 2. The van der Waals surface area contributed by atoms with E-state index in [4.69, 9.17) is 26.4 Å². The number of benzene rings is 2. The van der Waals surface area contributed by atoms with Crippen LogP contribution in [-0.4, -0.2) is 40.9 Å². The third-order valence-corrected chi connectivity index (χ3v) is 7.08. The molecule has 1 aliphatic rings. The molecule has 2 aromatic carbocycles. The van der Waals surface area contributed by atoms with Crippen LogP contribution in [0.2, 0.25) is 0 Å². The van der Waals surface area contributed by atoms with Crippen LogP contribution in [-0.2, 0) is 20.9 Å². The normalized spacial score (nSPS) is 14.6. The number of nitrogens with zero attached hydrogens (tertiary/aromatic N) is 1. The Morgan fingerprint density at radius 3 is 2.65 bits per heavy atom. The van der Waals surface area contributed by atoms with Crippen molar-refractivity contribution >= 4 is 78.1 Å². The topological polar surface area (TPSA) is 65.1 Å². The van der Waals surface area contributed by atoms with Gasteiger partial charge in [-0.05, 0) is 71.2 Å². The summed E-state index contributed by atoms with van der Waals surface area (Å²) in [4.78, 5) is 26.4. The molecule has 3 rings (SSSR count). The highest BCUT2D eigenvalue weighted by Gasteiger charge is 2.32. The average Bonchev–Trinajstić information content (AvgIpc) is 3.04. The van der Waals surface area contributed by atoms with Gasteiger partial charge in [-0.3, -0.25) is 14.5 Å². The highest BCUT2D eigenvalue weighted by molar-refractivity contribution is 9.10. The first kappa shape index (κ1) is 26.7. The molecule has 1 amide bonds. The predicted octanol–water partition coefficient (Wildman–Crippen LogP) is 6.34. The van der Waals surface area contributed by atoms with E-state index in [9.17, 15) is 9.59 Å². The highest BCUT2D eigenvalue weighted by Crippen LogP contribution is 2.40. The Bertz CT molecular complexity index is 1120. The molecule has 0 aliphatic carbocycles. The number of hydrogen-bond donors (Lipinski definition) is 0. The zero-order valence-electron chi connectivity index (χ0n) is 18.6. The van der Waals surface area contributed by atoms with Gasteiger partial charge in [0, 0.05) is 11.0 Å². The number of halogens is 2. The van der Waals surface area contributed by atoms with E-state index in [0.717, 1.165) is 15.6 Å². The second-order valence-electron chi connectivity index (χ2n) is 7.07. The number of hydrogen-bond acceptors (Lipinski definition) is 7. The third-order valence-electron chi connectivity index (χ3n) is 4.62. The first-order valence-corrected chi connectivity index (χ1v) is 13.4. The summed E-state index contributed by atoms with van der Waals surface area (Å²) >= 11 is 13.6. The summed E-state index contributed by atoms with van der Waals surface area (Å²) in [5.74, 6) is 0.560. The minimum Gasteiger partial charge on any atom is -0.490 e. The summed E-state index contributed by atoms with van der Waals surface area (Å²) in [7, 11) is 0. The minimum atomic E-state index is -0.357.